The van der Waals surface area contributed by atoms with E-state index in [1.165, 1.54) is 7.11 Å². The molecule has 6 heteroatoms. The minimum atomic E-state index is -0.367. The van der Waals surface area contributed by atoms with Crippen molar-refractivity contribution in [2.24, 2.45) is 5.92 Å². The molecule has 19 heavy (non-hydrogen) atoms. The number of carbonyl (C=O) groups is 1. The highest BCUT2D eigenvalue weighted by Crippen LogP contribution is 2.32. The Labute approximate surface area is 117 Å². The number of carbonyl (C=O) groups excluding carboxylic acids is 1. The summed E-state index contributed by atoms with van der Waals surface area (Å²) in [5.74, 6) is 0.397. The number of nitrogens with one attached hydrogen (secondary N) is 2. The van der Waals surface area contributed by atoms with E-state index in [1.807, 2.05) is 13.8 Å². The van der Waals surface area contributed by atoms with Crippen LogP contribution in [0.3, 0.4) is 0 Å². The number of rotatable bonds is 5. The molecular weight excluding hydrogens is 268 g/mol. The van der Waals surface area contributed by atoms with Crippen LogP contribution in [0, 0.1) is 5.92 Å². The fraction of sp³-hybridized carbons (Fsp3) is 0.462. The van der Waals surface area contributed by atoms with Gasteiger partial charge in [0.05, 0.1) is 17.8 Å². The summed E-state index contributed by atoms with van der Waals surface area (Å²) in [6, 6.07) is 4.59. The van der Waals surface area contributed by atoms with Crippen molar-refractivity contribution >= 4 is 23.3 Å². The molecule has 0 saturated carbocycles. The summed E-state index contributed by atoms with van der Waals surface area (Å²) in [6.45, 7) is 3.70. The van der Waals surface area contributed by atoms with Crippen molar-refractivity contribution in [1.82, 2.24) is 5.32 Å². The number of hydrogen-bond donors (Lipinski definition) is 3. The average Bonchev–Trinajstić information content (AvgIpc) is 2.37. The summed E-state index contributed by atoms with van der Waals surface area (Å²) in [5, 5.41) is 14.9. The number of urea groups is 1. The molecule has 0 aliphatic heterocycles. The highest BCUT2D eigenvalue weighted by Gasteiger charge is 2.15. The number of ether oxygens (including phenoxy) is 1. The first-order valence-corrected chi connectivity index (χ1v) is 6.38. The van der Waals surface area contributed by atoms with Gasteiger partial charge in [-0.15, -0.1) is 0 Å². The van der Waals surface area contributed by atoms with Crippen molar-refractivity contribution in [1.29, 1.82) is 0 Å². The van der Waals surface area contributed by atoms with Gasteiger partial charge < -0.3 is 20.5 Å². The second kappa shape index (κ2) is 7.21. The lowest BCUT2D eigenvalue weighted by Crippen LogP contribution is -2.40. The van der Waals surface area contributed by atoms with Crippen LogP contribution in [0.1, 0.15) is 13.8 Å². The van der Waals surface area contributed by atoms with E-state index in [2.05, 4.69) is 10.6 Å². The molecule has 0 aliphatic carbocycles. The fourth-order valence-electron chi connectivity index (χ4n) is 1.48. The molecule has 1 aromatic carbocycles. The van der Waals surface area contributed by atoms with E-state index < -0.39 is 0 Å². The Kier molecular flexibility index (Phi) is 5.92. The van der Waals surface area contributed by atoms with Crippen molar-refractivity contribution in [2.45, 2.75) is 19.9 Å². The number of aliphatic hydroxyl groups excluding tert-OH is 1. The number of amides is 2. The number of methoxy groups -OCH3 is 1. The minimum absolute atomic E-state index is 0.0158. The number of benzene rings is 1. The highest BCUT2D eigenvalue weighted by molar-refractivity contribution is 6.32. The molecule has 0 spiro atoms. The average molecular weight is 287 g/mol. The highest BCUT2D eigenvalue weighted by atomic mass is 35.5. The van der Waals surface area contributed by atoms with Crippen LogP contribution >= 0.6 is 11.6 Å². The lowest BCUT2D eigenvalue weighted by atomic mass is 10.1. The van der Waals surface area contributed by atoms with Gasteiger partial charge in [0.25, 0.3) is 0 Å². The van der Waals surface area contributed by atoms with Crippen LogP contribution in [-0.4, -0.2) is 30.9 Å². The van der Waals surface area contributed by atoms with Gasteiger partial charge in [0.15, 0.2) is 5.75 Å². The first-order valence-electron chi connectivity index (χ1n) is 6.00. The van der Waals surface area contributed by atoms with E-state index in [1.54, 1.807) is 18.2 Å². The summed E-state index contributed by atoms with van der Waals surface area (Å²) in [6.07, 6.45) is 0. The molecule has 5 nitrogen and oxygen atoms in total. The van der Waals surface area contributed by atoms with Crippen molar-refractivity contribution < 1.29 is 14.6 Å². The van der Waals surface area contributed by atoms with Gasteiger partial charge in [-0.3, -0.25) is 0 Å². The smallest absolute Gasteiger partial charge is 0.319 e. The summed E-state index contributed by atoms with van der Waals surface area (Å²) < 4.78 is 5.14. The molecule has 2 amide bonds. The van der Waals surface area contributed by atoms with Gasteiger partial charge in [0.2, 0.25) is 0 Å². The largest absolute Gasteiger partial charge is 0.493 e. The zero-order chi connectivity index (χ0) is 14.4. The van der Waals surface area contributed by atoms with Crippen molar-refractivity contribution in [2.75, 3.05) is 19.0 Å². The second-order valence-corrected chi connectivity index (χ2v) is 4.77. The Morgan fingerprint density at radius 2 is 2.16 bits per heavy atom. The van der Waals surface area contributed by atoms with Crippen LogP contribution in [-0.2, 0) is 0 Å². The normalized spacial score (nSPS) is 13.5. The maximum Gasteiger partial charge on any atom is 0.319 e. The maximum atomic E-state index is 11.8. The van der Waals surface area contributed by atoms with E-state index in [4.69, 9.17) is 21.4 Å². The number of hydrogen-bond acceptors (Lipinski definition) is 3. The molecule has 0 fully saturated rings. The van der Waals surface area contributed by atoms with Crippen LogP contribution in [0.25, 0.3) is 0 Å². The molecular formula is C13H19ClN2O3. The number of para-hydroxylation sites is 1. The number of aliphatic hydroxyl groups is 1. The van der Waals surface area contributed by atoms with Gasteiger partial charge in [-0.25, -0.2) is 4.79 Å². The second-order valence-electron chi connectivity index (χ2n) is 4.37. The Morgan fingerprint density at radius 1 is 1.47 bits per heavy atom. The summed E-state index contributed by atoms with van der Waals surface area (Å²) in [5.41, 5.74) is 0.497. The Hall–Kier alpha value is -1.46. The first kappa shape index (κ1) is 15.6. The van der Waals surface area contributed by atoms with Crippen LogP contribution in [0.15, 0.2) is 18.2 Å². The zero-order valence-electron chi connectivity index (χ0n) is 11.2. The van der Waals surface area contributed by atoms with Gasteiger partial charge >= 0.3 is 6.03 Å². The first-order chi connectivity index (χ1) is 8.99. The predicted molar refractivity (Wildman–Crippen MR) is 75.9 cm³/mol. The monoisotopic (exact) mass is 286 g/mol. The van der Waals surface area contributed by atoms with Gasteiger partial charge in [0, 0.05) is 12.6 Å². The van der Waals surface area contributed by atoms with Crippen LogP contribution in [0.4, 0.5) is 10.5 Å². The van der Waals surface area contributed by atoms with E-state index in [0.717, 1.165) is 0 Å². The van der Waals surface area contributed by atoms with Crippen LogP contribution in [0.2, 0.25) is 5.02 Å². The lowest BCUT2D eigenvalue weighted by molar-refractivity contribution is 0.204. The number of halogens is 1. The molecule has 2 unspecified atom stereocenters. The summed E-state index contributed by atoms with van der Waals surface area (Å²) in [4.78, 5) is 11.8. The van der Waals surface area contributed by atoms with E-state index in [0.29, 0.717) is 16.5 Å². The van der Waals surface area contributed by atoms with Gasteiger partial charge in [-0.1, -0.05) is 24.6 Å². The summed E-state index contributed by atoms with van der Waals surface area (Å²) >= 11 is 5.96. The standard InChI is InChI=1S/C13H19ClN2O3/c1-8(7-17)9(2)15-13(18)16-11-6-4-5-10(14)12(11)19-3/h4-6,8-9,17H,7H2,1-3H3,(H2,15,16,18). The van der Waals surface area contributed by atoms with Gasteiger partial charge in [-0.2, -0.15) is 0 Å². The quantitative estimate of drug-likeness (QED) is 0.779. The molecule has 1 aromatic rings. The molecule has 0 radical (unpaired) electrons. The Bertz CT molecular complexity index is 440. The Morgan fingerprint density at radius 3 is 2.74 bits per heavy atom. The molecule has 0 heterocycles. The topological polar surface area (TPSA) is 70.6 Å². The van der Waals surface area contributed by atoms with E-state index in [-0.39, 0.29) is 24.6 Å². The number of anilines is 1. The molecule has 0 bridgehead atoms. The molecule has 0 aromatic heterocycles. The van der Waals surface area contributed by atoms with Crippen LogP contribution in [0.5, 0.6) is 5.75 Å². The molecule has 2 atom stereocenters. The molecule has 0 aliphatic rings. The molecule has 106 valence electrons. The summed E-state index contributed by atoms with van der Waals surface area (Å²) in [7, 11) is 1.49. The maximum absolute atomic E-state index is 11.8. The van der Waals surface area contributed by atoms with Crippen LogP contribution < -0.4 is 15.4 Å². The molecule has 0 saturated heterocycles. The van der Waals surface area contributed by atoms with Crippen molar-refractivity contribution in [3.05, 3.63) is 23.2 Å². The third kappa shape index (κ3) is 4.29. The minimum Gasteiger partial charge on any atom is -0.493 e. The molecule has 1 rings (SSSR count). The van der Waals surface area contributed by atoms with Crippen molar-refractivity contribution in [3.63, 3.8) is 0 Å². The zero-order valence-corrected chi connectivity index (χ0v) is 12.0. The Balaban J connectivity index is 2.70. The molecule has 3 N–H and O–H groups in total. The lowest BCUT2D eigenvalue weighted by Gasteiger charge is -2.20. The fourth-order valence-corrected chi connectivity index (χ4v) is 1.73. The van der Waals surface area contributed by atoms with Crippen molar-refractivity contribution in [3.8, 4) is 5.75 Å². The SMILES string of the molecule is COc1c(Cl)cccc1NC(=O)NC(C)C(C)CO. The van der Waals surface area contributed by atoms with Gasteiger partial charge in [0.1, 0.15) is 0 Å². The van der Waals surface area contributed by atoms with E-state index >= 15 is 0 Å². The van der Waals surface area contributed by atoms with E-state index in [9.17, 15) is 4.79 Å². The third-order valence-electron chi connectivity index (χ3n) is 2.92. The third-order valence-corrected chi connectivity index (χ3v) is 3.22. The van der Waals surface area contributed by atoms with Gasteiger partial charge in [-0.05, 0) is 25.0 Å². The predicted octanol–water partition coefficient (Wildman–Crippen LogP) is 2.49.